The second kappa shape index (κ2) is 16.2. The highest BCUT2D eigenvalue weighted by atomic mass is 16.4. The predicted molar refractivity (Wildman–Crippen MR) is 124 cm³/mol. The number of nitrogens with zero attached hydrogens (tertiary/aromatic N) is 5. The normalized spacial score (nSPS) is 10.9. The number of amides is 3. The number of carbonyl (C=O) groups is 7. The van der Waals surface area contributed by atoms with Crippen LogP contribution in [0, 0.1) is 0 Å². The average molecular weight is 560 g/mol. The van der Waals surface area contributed by atoms with E-state index in [1.54, 1.807) is 5.43 Å². The molecule has 0 spiro atoms. The molecule has 1 aromatic heterocycles. The second-order valence-electron chi connectivity index (χ2n) is 7.77. The Morgan fingerprint density at radius 3 is 1.38 bits per heavy atom. The van der Waals surface area contributed by atoms with Crippen molar-refractivity contribution >= 4 is 41.6 Å². The van der Waals surface area contributed by atoms with Crippen LogP contribution in [0.1, 0.15) is 21.0 Å². The van der Waals surface area contributed by atoms with Gasteiger partial charge in [0.1, 0.15) is 0 Å². The zero-order chi connectivity index (χ0) is 29.5. The van der Waals surface area contributed by atoms with E-state index in [-0.39, 0.29) is 26.2 Å². The molecule has 0 fully saturated rings. The van der Waals surface area contributed by atoms with Crippen molar-refractivity contribution in [2.45, 2.75) is 0 Å². The van der Waals surface area contributed by atoms with E-state index < -0.39 is 85.7 Å². The first-order valence-electron chi connectivity index (χ1n) is 10.9. The second-order valence-corrected chi connectivity index (χ2v) is 7.77. The van der Waals surface area contributed by atoms with Crippen molar-refractivity contribution < 1.29 is 54.0 Å². The summed E-state index contributed by atoms with van der Waals surface area (Å²) in [6, 6.07) is 0. The first kappa shape index (κ1) is 32.3. The number of hydrogen-bond acceptors (Lipinski definition) is 13. The molecule has 3 amide bonds. The third kappa shape index (κ3) is 12.9. The molecule has 0 atom stereocenters. The van der Waals surface area contributed by atoms with Crippen LogP contribution >= 0.6 is 0 Å². The molecule has 21 heteroatoms. The molecule has 0 unspecified atom stereocenters. The lowest BCUT2D eigenvalue weighted by atomic mass is 10.3. The molecule has 1 aromatic rings. The van der Waals surface area contributed by atoms with Gasteiger partial charge >= 0.3 is 23.9 Å². The molecule has 216 valence electrons. The molecule has 39 heavy (non-hydrogen) atoms. The molecule has 0 saturated carbocycles. The monoisotopic (exact) mass is 560 g/mol. The minimum absolute atomic E-state index is 0.0972. The van der Waals surface area contributed by atoms with E-state index in [1.165, 1.54) is 4.90 Å². The predicted octanol–water partition coefficient (Wildman–Crippen LogP) is -5.59. The lowest BCUT2D eigenvalue weighted by Gasteiger charge is -2.28. The van der Waals surface area contributed by atoms with E-state index in [0.717, 1.165) is 9.80 Å². The highest BCUT2D eigenvalue weighted by Gasteiger charge is 2.23. The number of carbonyl (C=O) groups excluding carboxylic acids is 3. The molecule has 0 aromatic carbocycles. The first-order valence-corrected chi connectivity index (χ1v) is 10.9. The number of nitrogen functional groups attached to an aromatic ring is 1. The van der Waals surface area contributed by atoms with Gasteiger partial charge in [-0.05, 0) is 0 Å². The first-order chi connectivity index (χ1) is 18.3. The minimum atomic E-state index is -1.30. The highest BCUT2D eigenvalue weighted by Crippen LogP contribution is 2.00. The van der Waals surface area contributed by atoms with Crippen molar-refractivity contribution in [1.82, 2.24) is 46.4 Å². The van der Waals surface area contributed by atoms with Crippen LogP contribution in [0.2, 0.25) is 0 Å². The molecule has 1 heterocycles. The summed E-state index contributed by atoms with van der Waals surface area (Å²) in [7, 11) is 0. The maximum absolute atomic E-state index is 12.5. The van der Waals surface area contributed by atoms with Gasteiger partial charge in [-0.15, -0.1) is 10.2 Å². The Kier molecular flexibility index (Phi) is 13.4. The fraction of sp³-hybridized carbons (Fsp3) is 0.500. The Morgan fingerprint density at radius 1 is 0.615 bits per heavy atom. The van der Waals surface area contributed by atoms with Crippen LogP contribution in [-0.2, 0) is 24.0 Å². The lowest BCUT2D eigenvalue weighted by Crippen LogP contribution is -2.50. The van der Waals surface area contributed by atoms with Gasteiger partial charge in [-0.2, -0.15) is 5.21 Å². The largest absolute Gasteiger partial charge is 0.480 e. The summed E-state index contributed by atoms with van der Waals surface area (Å²) in [6.07, 6.45) is 0. The van der Waals surface area contributed by atoms with Crippen LogP contribution < -0.4 is 22.1 Å². The third-order valence-corrected chi connectivity index (χ3v) is 4.69. The van der Waals surface area contributed by atoms with Crippen molar-refractivity contribution in [1.29, 1.82) is 0 Å². The summed E-state index contributed by atoms with van der Waals surface area (Å²) >= 11 is 0. The number of H-pyrrole nitrogens is 1. The fourth-order valence-electron chi connectivity index (χ4n) is 3.07. The highest BCUT2D eigenvalue weighted by molar-refractivity contribution is 6.04. The van der Waals surface area contributed by atoms with Gasteiger partial charge in [-0.3, -0.25) is 64.5 Å². The van der Waals surface area contributed by atoms with E-state index in [9.17, 15) is 33.6 Å². The van der Waals surface area contributed by atoms with E-state index in [4.69, 9.17) is 26.3 Å². The summed E-state index contributed by atoms with van der Waals surface area (Å²) in [5.74, 6) is -3.01. The van der Waals surface area contributed by atoms with Crippen molar-refractivity contribution in [2.24, 2.45) is 5.84 Å². The SMILES string of the molecule is NNC(=O)c1n[nH]nc1C(=O)NNC(=O)CN(CCN(CC(=O)O)CC(=O)O)CCN(CC(=O)O)CC(=O)O. The molecule has 0 aliphatic heterocycles. The number of nitrogens with two attached hydrogens (primary N) is 1. The Labute approximate surface area is 218 Å². The minimum Gasteiger partial charge on any atom is -0.480 e. The van der Waals surface area contributed by atoms with Gasteiger partial charge < -0.3 is 20.4 Å². The van der Waals surface area contributed by atoms with Gasteiger partial charge in [0, 0.05) is 26.2 Å². The number of hydrazine groups is 2. The number of carboxylic acids is 4. The van der Waals surface area contributed by atoms with E-state index >= 15 is 0 Å². The molecule has 0 aliphatic rings. The van der Waals surface area contributed by atoms with Crippen LogP contribution in [0.5, 0.6) is 0 Å². The Bertz CT molecular complexity index is 990. The number of aliphatic carboxylic acids is 4. The molecule has 0 aliphatic carbocycles. The average Bonchev–Trinajstić information content (AvgIpc) is 3.32. The van der Waals surface area contributed by atoms with Crippen molar-refractivity contribution in [3.8, 4) is 0 Å². The number of hydrogen-bond donors (Lipinski definition) is 9. The van der Waals surface area contributed by atoms with Gasteiger partial charge in [-0.25, -0.2) is 5.84 Å². The molecule has 0 radical (unpaired) electrons. The van der Waals surface area contributed by atoms with Crippen LogP contribution in [0.15, 0.2) is 0 Å². The number of rotatable bonds is 18. The zero-order valence-corrected chi connectivity index (χ0v) is 20.3. The summed E-state index contributed by atoms with van der Waals surface area (Å²) in [5, 5.41) is 45.0. The number of carboxylic acid groups (broad SMARTS) is 4. The topological polar surface area (TPSA) is 314 Å². The van der Waals surface area contributed by atoms with Crippen molar-refractivity contribution in [2.75, 3.05) is 58.9 Å². The Morgan fingerprint density at radius 2 is 1.00 bits per heavy atom. The molecular formula is C18H28N10O11. The van der Waals surface area contributed by atoms with Gasteiger partial charge in [0.15, 0.2) is 11.4 Å². The van der Waals surface area contributed by atoms with Crippen LogP contribution in [-0.4, -0.2) is 151 Å². The van der Waals surface area contributed by atoms with Gasteiger partial charge in [-0.1, -0.05) is 0 Å². The molecule has 0 saturated heterocycles. The Balaban J connectivity index is 2.90. The molecule has 0 bridgehead atoms. The van der Waals surface area contributed by atoms with Crippen molar-refractivity contribution in [3.63, 3.8) is 0 Å². The number of nitrogens with one attached hydrogen (secondary N) is 4. The number of aromatic nitrogens is 3. The molecule has 21 nitrogen and oxygen atoms in total. The maximum Gasteiger partial charge on any atom is 0.317 e. The fourth-order valence-corrected chi connectivity index (χ4v) is 3.07. The van der Waals surface area contributed by atoms with E-state index in [2.05, 4.69) is 15.6 Å². The van der Waals surface area contributed by atoms with Crippen LogP contribution in [0.4, 0.5) is 0 Å². The van der Waals surface area contributed by atoms with Crippen molar-refractivity contribution in [3.05, 3.63) is 11.4 Å². The Hall–Kier alpha value is -4.73. The standard InChI is InChI=1S/C18H28N10O11/c19-20-17(38)15-16(23-25-22-15)18(39)24-21-10(29)5-26(1-3-27(6-11(30)31)7-12(32)33)2-4-28(8-13(34)35)9-14(36)37/h1-9,19H2,(H,20,38)(H,21,29)(H,24,39)(H,30,31)(H,32,33)(H,34,35)(H,36,37)(H,22,23,25). The zero-order valence-electron chi connectivity index (χ0n) is 20.3. The number of aromatic amines is 1. The molecule has 1 rings (SSSR count). The summed E-state index contributed by atoms with van der Waals surface area (Å²) < 4.78 is 0. The third-order valence-electron chi connectivity index (χ3n) is 4.69. The van der Waals surface area contributed by atoms with E-state index in [1.807, 2.05) is 10.6 Å². The maximum atomic E-state index is 12.5. The smallest absolute Gasteiger partial charge is 0.317 e. The van der Waals surface area contributed by atoms with Gasteiger partial charge in [0.05, 0.1) is 32.7 Å². The summed E-state index contributed by atoms with van der Waals surface area (Å²) in [6.45, 7) is -3.45. The lowest BCUT2D eigenvalue weighted by molar-refractivity contribution is -0.143. The molecule has 10 N–H and O–H groups in total. The summed E-state index contributed by atoms with van der Waals surface area (Å²) in [4.78, 5) is 84.1. The van der Waals surface area contributed by atoms with Gasteiger partial charge in [0.2, 0.25) is 0 Å². The quantitative estimate of drug-likeness (QED) is 0.0459. The van der Waals surface area contributed by atoms with Crippen LogP contribution in [0.25, 0.3) is 0 Å². The molecular weight excluding hydrogens is 532 g/mol. The van der Waals surface area contributed by atoms with E-state index in [0.29, 0.717) is 0 Å². The summed E-state index contributed by atoms with van der Waals surface area (Å²) in [5.41, 5.74) is 4.87. The van der Waals surface area contributed by atoms with Crippen LogP contribution in [0.3, 0.4) is 0 Å². The van der Waals surface area contributed by atoms with Gasteiger partial charge in [0.25, 0.3) is 17.7 Å².